The fourth-order valence-electron chi connectivity index (χ4n) is 5.34. The summed E-state index contributed by atoms with van der Waals surface area (Å²) < 4.78 is 1.16. The molecule has 5 aromatic carbocycles. The lowest BCUT2D eigenvalue weighted by Crippen LogP contribution is -2.32. The van der Waals surface area contributed by atoms with E-state index in [-0.39, 0.29) is 5.41 Å². The maximum Gasteiger partial charge on any atom is 0.0571 e. The number of halogens is 1. The van der Waals surface area contributed by atoms with Crippen LogP contribution in [0.1, 0.15) is 17.5 Å². The molecule has 5 aromatic rings. The largest absolute Gasteiger partial charge is 0.359 e. The van der Waals surface area contributed by atoms with Crippen LogP contribution in [0, 0.1) is 0 Å². The first-order valence-corrected chi connectivity index (χ1v) is 13.7. The third-order valence-corrected chi connectivity index (χ3v) is 8.28. The molecule has 1 unspecified atom stereocenters. The molecular weight excluding hydrogens is 526 g/mol. The summed E-state index contributed by atoms with van der Waals surface area (Å²) in [5, 5.41) is 3.71. The normalized spacial score (nSPS) is 16.9. The van der Waals surface area contributed by atoms with Gasteiger partial charge in [0.05, 0.1) is 5.41 Å². The SMILES string of the molecule is BrC1=CC=C(Nc2ccc(-c3ccccc3)cc2)CC1(c1ccccc1)c1ccc(-c2ccccc2)cc1. The van der Waals surface area contributed by atoms with Gasteiger partial charge in [-0.3, -0.25) is 0 Å². The molecule has 184 valence electrons. The van der Waals surface area contributed by atoms with Crippen molar-refractivity contribution >= 4 is 21.6 Å². The maximum absolute atomic E-state index is 3.99. The third-order valence-electron chi connectivity index (χ3n) is 7.34. The number of nitrogens with one attached hydrogen (secondary N) is 1. The van der Waals surface area contributed by atoms with E-state index < -0.39 is 0 Å². The highest BCUT2D eigenvalue weighted by Crippen LogP contribution is 2.49. The number of rotatable bonds is 6. The summed E-state index contributed by atoms with van der Waals surface area (Å²) in [5.74, 6) is 0. The number of allylic oxidation sites excluding steroid dienone is 4. The van der Waals surface area contributed by atoms with Crippen molar-refractivity contribution in [2.75, 3.05) is 5.32 Å². The molecular formula is C36H28BrN. The van der Waals surface area contributed by atoms with Crippen molar-refractivity contribution in [2.45, 2.75) is 11.8 Å². The lowest BCUT2D eigenvalue weighted by molar-refractivity contribution is 0.620. The molecule has 0 radical (unpaired) electrons. The van der Waals surface area contributed by atoms with Crippen LogP contribution in [0.5, 0.6) is 0 Å². The second kappa shape index (κ2) is 10.7. The molecule has 1 aliphatic carbocycles. The van der Waals surface area contributed by atoms with Gasteiger partial charge in [0.25, 0.3) is 0 Å². The smallest absolute Gasteiger partial charge is 0.0571 e. The molecule has 0 fully saturated rings. The van der Waals surface area contributed by atoms with Gasteiger partial charge in [0, 0.05) is 22.3 Å². The van der Waals surface area contributed by atoms with E-state index in [2.05, 4.69) is 173 Å². The summed E-state index contributed by atoms with van der Waals surface area (Å²) in [7, 11) is 0. The van der Waals surface area contributed by atoms with Crippen LogP contribution in [0.4, 0.5) is 5.69 Å². The van der Waals surface area contributed by atoms with Gasteiger partial charge in [-0.15, -0.1) is 0 Å². The molecule has 0 saturated heterocycles. The minimum atomic E-state index is -0.322. The third kappa shape index (κ3) is 4.76. The topological polar surface area (TPSA) is 12.0 Å². The van der Waals surface area contributed by atoms with Crippen LogP contribution < -0.4 is 5.32 Å². The van der Waals surface area contributed by atoms with E-state index in [4.69, 9.17) is 0 Å². The zero-order valence-corrected chi connectivity index (χ0v) is 22.6. The number of anilines is 1. The van der Waals surface area contributed by atoms with Gasteiger partial charge in [0.1, 0.15) is 0 Å². The Bertz CT molecular complexity index is 1570. The summed E-state index contributed by atoms with van der Waals surface area (Å²) in [6, 6.07) is 49.6. The minimum Gasteiger partial charge on any atom is -0.359 e. The predicted octanol–water partition coefficient (Wildman–Crippen LogP) is 9.99. The zero-order chi connectivity index (χ0) is 25.8. The van der Waals surface area contributed by atoms with Crippen molar-refractivity contribution in [3.8, 4) is 22.3 Å². The summed E-state index contributed by atoms with van der Waals surface area (Å²) >= 11 is 3.99. The van der Waals surface area contributed by atoms with Crippen LogP contribution in [0.3, 0.4) is 0 Å². The average molecular weight is 555 g/mol. The van der Waals surface area contributed by atoms with Gasteiger partial charge in [-0.05, 0) is 57.7 Å². The maximum atomic E-state index is 3.99. The van der Waals surface area contributed by atoms with E-state index in [9.17, 15) is 0 Å². The fourth-order valence-corrected chi connectivity index (χ4v) is 6.07. The lowest BCUT2D eigenvalue weighted by Gasteiger charge is -2.38. The molecule has 1 aliphatic rings. The Hall–Kier alpha value is -4.14. The van der Waals surface area contributed by atoms with Gasteiger partial charge in [-0.2, -0.15) is 0 Å². The van der Waals surface area contributed by atoms with Crippen molar-refractivity contribution in [3.05, 3.63) is 173 Å². The van der Waals surface area contributed by atoms with E-state index in [0.29, 0.717) is 0 Å². The predicted molar refractivity (Wildman–Crippen MR) is 164 cm³/mol. The molecule has 38 heavy (non-hydrogen) atoms. The van der Waals surface area contributed by atoms with Gasteiger partial charge < -0.3 is 5.32 Å². The Balaban J connectivity index is 1.33. The molecule has 2 heteroatoms. The monoisotopic (exact) mass is 553 g/mol. The van der Waals surface area contributed by atoms with Gasteiger partial charge in [0.15, 0.2) is 0 Å². The minimum absolute atomic E-state index is 0.322. The van der Waals surface area contributed by atoms with E-state index in [1.165, 1.54) is 39.1 Å². The van der Waals surface area contributed by atoms with Gasteiger partial charge >= 0.3 is 0 Å². The number of hydrogen-bond donors (Lipinski definition) is 1. The van der Waals surface area contributed by atoms with E-state index in [1.807, 2.05) is 0 Å². The Kier molecular flexibility index (Phi) is 6.81. The molecule has 6 rings (SSSR count). The molecule has 0 aliphatic heterocycles. The van der Waals surface area contributed by atoms with Crippen molar-refractivity contribution in [1.82, 2.24) is 0 Å². The summed E-state index contributed by atoms with van der Waals surface area (Å²) in [6.07, 6.45) is 5.20. The highest BCUT2D eigenvalue weighted by Gasteiger charge is 2.39. The van der Waals surface area contributed by atoms with Crippen molar-refractivity contribution < 1.29 is 0 Å². The van der Waals surface area contributed by atoms with Crippen molar-refractivity contribution in [2.24, 2.45) is 0 Å². The molecule has 1 N–H and O–H groups in total. The molecule has 1 atom stereocenters. The highest BCUT2D eigenvalue weighted by molar-refractivity contribution is 9.11. The first-order chi connectivity index (χ1) is 18.7. The number of hydrogen-bond acceptors (Lipinski definition) is 1. The molecule has 0 spiro atoms. The van der Waals surface area contributed by atoms with Crippen LogP contribution >= 0.6 is 15.9 Å². The van der Waals surface area contributed by atoms with Crippen LogP contribution in [-0.4, -0.2) is 0 Å². The molecule has 0 amide bonds. The second-order valence-corrected chi connectivity index (χ2v) is 10.5. The van der Waals surface area contributed by atoms with E-state index in [0.717, 1.165) is 16.6 Å². The molecule has 0 bridgehead atoms. The van der Waals surface area contributed by atoms with Crippen LogP contribution in [0.15, 0.2) is 162 Å². The Morgan fingerprint density at radius 3 is 1.47 bits per heavy atom. The summed E-state index contributed by atoms with van der Waals surface area (Å²) in [6.45, 7) is 0. The Morgan fingerprint density at radius 2 is 0.921 bits per heavy atom. The summed E-state index contributed by atoms with van der Waals surface area (Å²) in [4.78, 5) is 0. The van der Waals surface area contributed by atoms with Crippen molar-refractivity contribution in [3.63, 3.8) is 0 Å². The zero-order valence-electron chi connectivity index (χ0n) is 21.0. The standard InChI is InChI=1S/C36H28BrN/c37-35-25-24-34(38-33-22-18-30(19-23-33)28-12-6-2-7-13-28)26-36(35,31-14-8-3-9-15-31)32-20-16-29(17-21-32)27-10-4-1-5-11-27/h1-25,38H,26H2. The quantitative estimate of drug-likeness (QED) is 0.220. The second-order valence-electron chi connectivity index (χ2n) is 9.67. The van der Waals surface area contributed by atoms with Crippen molar-refractivity contribution in [1.29, 1.82) is 0 Å². The molecule has 0 saturated carbocycles. The van der Waals surface area contributed by atoms with Crippen LogP contribution in [0.25, 0.3) is 22.3 Å². The fraction of sp³-hybridized carbons (Fsp3) is 0.0556. The lowest BCUT2D eigenvalue weighted by atomic mass is 9.69. The molecule has 0 aromatic heterocycles. The van der Waals surface area contributed by atoms with Gasteiger partial charge in [-0.1, -0.05) is 143 Å². The molecule has 1 nitrogen and oxygen atoms in total. The average Bonchev–Trinajstić information content (AvgIpc) is 3.00. The van der Waals surface area contributed by atoms with E-state index in [1.54, 1.807) is 0 Å². The van der Waals surface area contributed by atoms with Crippen LogP contribution in [0.2, 0.25) is 0 Å². The molecule has 0 heterocycles. The van der Waals surface area contributed by atoms with Crippen LogP contribution in [-0.2, 0) is 5.41 Å². The Morgan fingerprint density at radius 1 is 0.474 bits per heavy atom. The first-order valence-electron chi connectivity index (χ1n) is 12.9. The van der Waals surface area contributed by atoms with E-state index >= 15 is 0 Å². The first kappa shape index (κ1) is 24.2. The van der Waals surface area contributed by atoms with Gasteiger partial charge in [-0.25, -0.2) is 0 Å². The Labute approximate surface area is 233 Å². The number of benzene rings is 5. The summed E-state index contributed by atoms with van der Waals surface area (Å²) in [5.41, 5.74) is 9.37. The highest BCUT2D eigenvalue weighted by atomic mass is 79.9. The van der Waals surface area contributed by atoms with Gasteiger partial charge in [0.2, 0.25) is 0 Å².